The average Bonchev–Trinajstić information content (AvgIpc) is 2.53. The Morgan fingerprint density at radius 2 is 2.10 bits per heavy atom. The number of hydrogen-bond acceptors (Lipinski definition) is 5. The van der Waals surface area contributed by atoms with Crippen LogP contribution in [0.15, 0.2) is 10.7 Å². The maximum atomic E-state index is 4.67. The first-order valence-electron chi connectivity index (χ1n) is 7.87. The van der Waals surface area contributed by atoms with Crippen molar-refractivity contribution in [1.82, 2.24) is 14.9 Å². The number of hydrogen-bond donors (Lipinski definition) is 1. The average molecular weight is 356 g/mol. The lowest BCUT2D eigenvalue weighted by atomic mass is 10.0. The molecule has 1 fully saturated rings. The minimum atomic E-state index is 0.554. The van der Waals surface area contributed by atoms with Gasteiger partial charge in [-0.2, -0.15) is 4.98 Å². The molecule has 0 spiro atoms. The molecular weight excluding hydrogens is 330 g/mol. The van der Waals surface area contributed by atoms with Crippen LogP contribution in [-0.2, 0) is 0 Å². The number of nitrogens with one attached hydrogen (secondary N) is 1. The summed E-state index contributed by atoms with van der Waals surface area (Å²) in [4.78, 5) is 13.8. The molecule has 0 unspecified atom stereocenters. The van der Waals surface area contributed by atoms with Crippen LogP contribution in [0.25, 0.3) is 0 Å². The third-order valence-electron chi connectivity index (χ3n) is 4.14. The fourth-order valence-corrected chi connectivity index (χ4v) is 3.19. The molecule has 118 valence electrons. The molecule has 6 heteroatoms. The lowest BCUT2D eigenvalue weighted by molar-refractivity contribution is 0.220. The Morgan fingerprint density at radius 1 is 1.38 bits per heavy atom. The zero-order valence-corrected chi connectivity index (χ0v) is 14.9. The van der Waals surface area contributed by atoms with Gasteiger partial charge in [0.25, 0.3) is 0 Å². The van der Waals surface area contributed by atoms with Crippen LogP contribution < -0.4 is 10.2 Å². The predicted octanol–water partition coefficient (Wildman–Crippen LogP) is 2.98. The van der Waals surface area contributed by atoms with Crippen molar-refractivity contribution in [2.75, 3.05) is 43.4 Å². The third-order valence-corrected chi connectivity index (χ3v) is 4.70. The van der Waals surface area contributed by atoms with E-state index in [2.05, 4.69) is 61.9 Å². The molecule has 2 heterocycles. The SMILES string of the molecule is CCCNc1ncc(Br)c(N(C)C2CCN(CC)CC2)n1. The molecule has 0 aliphatic carbocycles. The van der Waals surface area contributed by atoms with Gasteiger partial charge in [0.2, 0.25) is 5.95 Å². The van der Waals surface area contributed by atoms with Gasteiger partial charge in [0, 0.05) is 38.9 Å². The van der Waals surface area contributed by atoms with Gasteiger partial charge in [0.15, 0.2) is 0 Å². The van der Waals surface area contributed by atoms with E-state index in [0.717, 1.165) is 29.8 Å². The molecule has 21 heavy (non-hydrogen) atoms. The molecule has 5 nitrogen and oxygen atoms in total. The van der Waals surface area contributed by atoms with Gasteiger partial charge in [0.1, 0.15) is 5.82 Å². The van der Waals surface area contributed by atoms with Crippen molar-refractivity contribution in [1.29, 1.82) is 0 Å². The summed E-state index contributed by atoms with van der Waals surface area (Å²) in [6.07, 6.45) is 5.30. The van der Waals surface area contributed by atoms with Crippen LogP contribution in [0.4, 0.5) is 11.8 Å². The molecular formula is C15H26BrN5. The van der Waals surface area contributed by atoms with Crippen molar-refractivity contribution < 1.29 is 0 Å². The van der Waals surface area contributed by atoms with Gasteiger partial charge < -0.3 is 15.1 Å². The quantitative estimate of drug-likeness (QED) is 0.849. The molecule has 0 amide bonds. The predicted molar refractivity (Wildman–Crippen MR) is 92.1 cm³/mol. The summed E-state index contributed by atoms with van der Waals surface area (Å²) in [5, 5.41) is 3.26. The van der Waals surface area contributed by atoms with Gasteiger partial charge in [0.05, 0.1) is 4.47 Å². The summed E-state index contributed by atoms with van der Waals surface area (Å²) in [7, 11) is 2.14. The first-order chi connectivity index (χ1) is 10.2. The van der Waals surface area contributed by atoms with Crippen LogP contribution in [0.1, 0.15) is 33.1 Å². The molecule has 0 atom stereocenters. The van der Waals surface area contributed by atoms with E-state index in [4.69, 9.17) is 0 Å². The van der Waals surface area contributed by atoms with Crippen molar-refractivity contribution in [3.63, 3.8) is 0 Å². The summed E-state index contributed by atoms with van der Waals surface area (Å²) in [5.74, 6) is 1.70. The number of anilines is 2. The Hall–Kier alpha value is -0.880. The molecule has 0 radical (unpaired) electrons. The van der Waals surface area contributed by atoms with Crippen molar-refractivity contribution in [2.45, 2.75) is 39.2 Å². The highest BCUT2D eigenvalue weighted by atomic mass is 79.9. The highest BCUT2D eigenvalue weighted by Crippen LogP contribution is 2.27. The highest BCUT2D eigenvalue weighted by Gasteiger charge is 2.24. The Labute approximate surface area is 136 Å². The second-order valence-corrected chi connectivity index (χ2v) is 6.42. The molecule has 0 aromatic carbocycles. The van der Waals surface area contributed by atoms with Crippen molar-refractivity contribution in [2.24, 2.45) is 0 Å². The molecule has 1 aliphatic heterocycles. The molecule has 1 aromatic rings. The summed E-state index contributed by atoms with van der Waals surface area (Å²) in [6, 6.07) is 0.554. The zero-order valence-electron chi connectivity index (χ0n) is 13.3. The van der Waals surface area contributed by atoms with Crippen molar-refractivity contribution in [3.8, 4) is 0 Å². The minimum Gasteiger partial charge on any atom is -0.355 e. The number of rotatable bonds is 6. The Morgan fingerprint density at radius 3 is 2.71 bits per heavy atom. The van der Waals surface area contributed by atoms with Gasteiger partial charge in [-0.3, -0.25) is 0 Å². The number of halogens is 1. The Kier molecular flexibility index (Phi) is 6.23. The van der Waals surface area contributed by atoms with E-state index in [9.17, 15) is 0 Å². The molecule has 2 rings (SSSR count). The number of aromatic nitrogens is 2. The maximum absolute atomic E-state index is 4.67. The molecule has 0 saturated carbocycles. The number of nitrogens with zero attached hydrogens (tertiary/aromatic N) is 4. The standard InChI is InChI=1S/C15H26BrN5/c1-4-8-17-15-18-11-13(16)14(19-15)20(3)12-6-9-21(5-2)10-7-12/h11-12H,4-10H2,1-3H3,(H,17,18,19). The van der Waals surface area contributed by atoms with Crippen LogP contribution in [0, 0.1) is 0 Å². The Bertz CT molecular complexity index is 446. The smallest absolute Gasteiger partial charge is 0.224 e. The van der Waals surface area contributed by atoms with E-state index in [1.807, 2.05) is 6.20 Å². The van der Waals surface area contributed by atoms with E-state index in [0.29, 0.717) is 12.0 Å². The minimum absolute atomic E-state index is 0.554. The first kappa shape index (κ1) is 16.5. The van der Waals surface area contributed by atoms with Crippen LogP contribution in [0.5, 0.6) is 0 Å². The molecule has 1 saturated heterocycles. The van der Waals surface area contributed by atoms with Crippen LogP contribution >= 0.6 is 15.9 Å². The number of likely N-dealkylation sites (tertiary alicyclic amines) is 1. The van der Waals surface area contributed by atoms with E-state index >= 15 is 0 Å². The maximum Gasteiger partial charge on any atom is 0.224 e. The topological polar surface area (TPSA) is 44.3 Å². The van der Waals surface area contributed by atoms with Gasteiger partial charge in [-0.05, 0) is 41.7 Å². The molecule has 1 N–H and O–H groups in total. The largest absolute Gasteiger partial charge is 0.355 e. The van der Waals surface area contributed by atoms with Crippen molar-refractivity contribution >= 4 is 27.7 Å². The molecule has 1 aliphatic rings. The first-order valence-corrected chi connectivity index (χ1v) is 8.66. The summed E-state index contributed by atoms with van der Waals surface area (Å²) in [5.41, 5.74) is 0. The lowest BCUT2D eigenvalue weighted by Crippen LogP contribution is -2.43. The summed E-state index contributed by atoms with van der Waals surface area (Å²) >= 11 is 3.59. The fourth-order valence-electron chi connectivity index (χ4n) is 2.72. The summed E-state index contributed by atoms with van der Waals surface area (Å²) in [6.45, 7) is 8.78. The van der Waals surface area contributed by atoms with Crippen molar-refractivity contribution in [3.05, 3.63) is 10.7 Å². The second-order valence-electron chi connectivity index (χ2n) is 5.57. The third kappa shape index (κ3) is 4.30. The van der Waals surface area contributed by atoms with Crippen LogP contribution in [-0.4, -0.2) is 54.1 Å². The van der Waals surface area contributed by atoms with E-state index in [-0.39, 0.29) is 0 Å². The number of piperidine rings is 1. The monoisotopic (exact) mass is 355 g/mol. The van der Waals surface area contributed by atoms with E-state index < -0.39 is 0 Å². The normalized spacial score (nSPS) is 17.0. The zero-order chi connectivity index (χ0) is 15.2. The molecule has 0 bridgehead atoms. The fraction of sp³-hybridized carbons (Fsp3) is 0.733. The van der Waals surface area contributed by atoms with Gasteiger partial charge in [-0.25, -0.2) is 4.98 Å². The Balaban J connectivity index is 2.05. The van der Waals surface area contributed by atoms with Crippen LogP contribution in [0.3, 0.4) is 0 Å². The van der Waals surface area contributed by atoms with Gasteiger partial charge in [-0.1, -0.05) is 13.8 Å². The van der Waals surface area contributed by atoms with Crippen LogP contribution in [0.2, 0.25) is 0 Å². The van der Waals surface area contributed by atoms with Gasteiger partial charge >= 0.3 is 0 Å². The second kappa shape index (κ2) is 7.94. The molecule has 1 aromatic heterocycles. The lowest BCUT2D eigenvalue weighted by Gasteiger charge is -2.37. The summed E-state index contributed by atoms with van der Waals surface area (Å²) < 4.78 is 0.963. The highest BCUT2D eigenvalue weighted by molar-refractivity contribution is 9.10. The van der Waals surface area contributed by atoms with E-state index in [1.54, 1.807) is 0 Å². The van der Waals surface area contributed by atoms with E-state index in [1.165, 1.54) is 25.9 Å². The van der Waals surface area contributed by atoms with Gasteiger partial charge in [-0.15, -0.1) is 0 Å².